The molecule has 0 saturated carbocycles. The lowest BCUT2D eigenvalue weighted by atomic mass is 10.2. The average molecular weight is 293 g/mol. The summed E-state index contributed by atoms with van der Waals surface area (Å²) >= 11 is 3.41. The number of rotatable bonds is 3. The molecule has 0 fully saturated rings. The van der Waals surface area contributed by atoms with Gasteiger partial charge in [0.1, 0.15) is 5.82 Å². The van der Waals surface area contributed by atoms with Gasteiger partial charge in [0.05, 0.1) is 28.6 Å². The first kappa shape index (κ1) is 11.9. The van der Waals surface area contributed by atoms with Crippen LogP contribution in [0.5, 0.6) is 0 Å². The van der Waals surface area contributed by atoms with Crippen molar-refractivity contribution < 1.29 is 0 Å². The van der Waals surface area contributed by atoms with Crippen molar-refractivity contribution in [1.29, 1.82) is 0 Å². The van der Waals surface area contributed by atoms with E-state index in [0.29, 0.717) is 12.2 Å². The molecule has 5 heteroatoms. The molecule has 0 aliphatic heterocycles. The van der Waals surface area contributed by atoms with Crippen LogP contribution < -0.4 is 11.1 Å². The third-order valence-electron chi connectivity index (χ3n) is 2.40. The highest BCUT2D eigenvalue weighted by atomic mass is 79.9. The number of pyridine rings is 2. The maximum absolute atomic E-state index is 5.63. The Balaban J connectivity index is 2.10. The number of nitrogens with two attached hydrogens (primary N) is 1. The molecule has 0 aromatic carbocycles. The predicted octanol–water partition coefficient (Wildman–Crippen LogP) is 2.74. The molecule has 0 saturated heterocycles. The maximum atomic E-state index is 5.63. The second kappa shape index (κ2) is 5.14. The first-order valence-electron chi connectivity index (χ1n) is 5.22. The van der Waals surface area contributed by atoms with E-state index in [-0.39, 0.29) is 0 Å². The van der Waals surface area contributed by atoms with Gasteiger partial charge in [0.2, 0.25) is 0 Å². The fourth-order valence-electron chi connectivity index (χ4n) is 1.45. The zero-order chi connectivity index (χ0) is 12.3. The summed E-state index contributed by atoms with van der Waals surface area (Å²) in [6.45, 7) is 2.68. The smallest absolute Gasteiger partial charge is 0.140 e. The molecule has 0 radical (unpaired) electrons. The summed E-state index contributed by atoms with van der Waals surface area (Å²) in [6, 6.07) is 5.78. The van der Waals surface area contributed by atoms with Gasteiger partial charge >= 0.3 is 0 Å². The van der Waals surface area contributed by atoms with E-state index in [1.54, 1.807) is 12.4 Å². The van der Waals surface area contributed by atoms with Gasteiger partial charge in [-0.05, 0) is 40.5 Å². The Morgan fingerprint density at radius 1 is 1.41 bits per heavy atom. The SMILES string of the molecule is Cc1cccnc1CNc1ncc(N)cc1Br. The second-order valence-electron chi connectivity index (χ2n) is 3.72. The van der Waals surface area contributed by atoms with Crippen LogP contribution in [0.4, 0.5) is 11.5 Å². The molecule has 0 amide bonds. The predicted molar refractivity (Wildman–Crippen MR) is 72.7 cm³/mol. The molecule has 2 heterocycles. The zero-order valence-electron chi connectivity index (χ0n) is 9.44. The lowest BCUT2D eigenvalue weighted by Gasteiger charge is -2.09. The van der Waals surface area contributed by atoms with Crippen LogP contribution in [-0.4, -0.2) is 9.97 Å². The second-order valence-corrected chi connectivity index (χ2v) is 4.57. The summed E-state index contributed by atoms with van der Waals surface area (Å²) in [4.78, 5) is 8.52. The number of hydrogen-bond acceptors (Lipinski definition) is 4. The van der Waals surface area contributed by atoms with Gasteiger partial charge in [-0.25, -0.2) is 4.98 Å². The van der Waals surface area contributed by atoms with Crippen molar-refractivity contribution in [2.45, 2.75) is 13.5 Å². The Hall–Kier alpha value is -1.62. The molecular weight excluding hydrogens is 280 g/mol. The fourth-order valence-corrected chi connectivity index (χ4v) is 1.96. The molecule has 3 N–H and O–H groups in total. The van der Waals surface area contributed by atoms with Crippen molar-refractivity contribution in [3.8, 4) is 0 Å². The number of halogens is 1. The third-order valence-corrected chi connectivity index (χ3v) is 3.01. The number of nitrogens with zero attached hydrogens (tertiary/aromatic N) is 2. The Labute approximate surface area is 108 Å². The van der Waals surface area contributed by atoms with Crippen molar-refractivity contribution in [3.63, 3.8) is 0 Å². The monoisotopic (exact) mass is 292 g/mol. The largest absolute Gasteiger partial charge is 0.397 e. The van der Waals surface area contributed by atoms with Crippen LogP contribution >= 0.6 is 15.9 Å². The van der Waals surface area contributed by atoms with Crippen molar-refractivity contribution in [1.82, 2.24) is 9.97 Å². The third kappa shape index (κ3) is 2.94. The average Bonchev–Trinajstić information content (AvgIpc) is 2.30. The molecule has 0 unspecified atom stereocenters. The van der Waals surface area contributed by atoms with E-state index in [4.69, 9.17) is 5.73 Å². The van der Waals surface area contributed by atoms with Crippen molar-refractivity contribution in [2.24, 2.45) is 0 Å². The lowest BCUT2D eigenvalue weighted by Crippen LogP contribution is -2.05. The van der Waals surface area contributed by atoms with Crippen LogP contribution in [0.3, 0.4) is 0 Å². The van der Waals surface area contributed by atoms with E-state index in [2.05, 4.69) is 31.2 Å². The number of hydrogen-bond donors (Lipinski definition) is 2. The molecule has 0 aliphatic rings. The molecule has 0 aliphatic carbocycles. The molecule has 88 valence electrons. The van der Waals surface area contributed by atoms with Crippen molar-refractivity contribution in [3.05, 3.63) is 46.3 Å². The van der Waals surface area contributed by atoms with Gasteiger partial charge in [0.15, 0.2) is 0 Å². The molecule has 0 atom stereocenters. The molecule has 4 nitrogen and oxygen atoms in total. The van der Waals surface area contributed by atoms with Crippen LogP contribution in [0.15, 0.2) is 35.1 Å². The van der Waals surface area contributed by atoms with Gasteiger partial charge in [0, 0.05) is 6.20 Å². The van der Waals surface area contributed by atoms with Crippen LogP contribution in [0.2, 0.25) is 0 Å². The van der Waals surface area contributed by atoms with E-state index < -0.39 is 0 Å². The Kier molecular flexibility index (Phi) is 3.58. The van der Waals surface area contributed by atoms with E-state index in [9.17, 15) is 0 Å². The van der Waals surface area contributed by atoms with Crippen molar-refractivity contribution >= 4 is 27.4 Å². The standard InChI is InChI=1S/C12H13BrN4/c1-8-3-2-4-15-11(8)7-17-12-10(13)5-9(14)6-16-12/h2-6H,7,14H2,1H3,(H,16,17). The number of anilines is 2. The Bertz CT molecular complexity index is 528. The van der Waals surface area contributed by atoms with Crippen LogP contribution in [-0.2, 0) is 6.54 Å². The molecule has 2 aromatic heterocycles. The summed E-state index contributed by atoms with van der Waals surface area (Å²) in [5.74, 6) is 0.768. The molecule has 0 spiro atoms. The first-order valence-corrected chi connectivity index (χ1v) is 6.01. The van der Waals surface area contributed by atoms with Gasteiger partial charge in [-0.3, -0.25) is 4.98 Å². The molecule has 2 aromatic rings. The van der Waals surface area contributed by atoms with E-state index >= 15 is 0 Å². The fraction of sp³-hybridized carbons (Fsp3) is 0.167. The maximum Gasteiger partial charge on any atom is 0.140 e. The quantitative estimate of drug-likeness (QED) is 0.913. The minimum Gasteiger partial charge on any atom is -0.397 e. The van der Waals surface area contributed by atoms with Crippen molar-refractivity contribution in [2.75, 3.05) is 11.1 Å². The molecular formula is C12H13BrN4. The van der Waals surface area contributed by atoms with Gasteiger partial charge in [-0.2, -0.15) is 0 Å². The minimum atomic E-state index is 0.636. The molecule has 2 rings (SSSR count). The Morgan fingerprint density at radius 2 is 2.24 bits per heavy atom. The summed E-state index contributed by atoms with van der Waals surface area (Å²) < 4.78 is 0.853. The highest BCUT2D eigenvalue weighted by Crippen LogP contribution is 2.22. The van der Waals surface area contributed by atoms with Gasteiger partial charge in [0.25, 0.3) is 0 Å². The minimum absolute atomic E-state index is 0.636. The van der Waals surface area contributed by atoms with Crippen LogP contribution in [0.25, 0.3) is 0 Å². The van der Waals surface area contributed by atoms with Gasteiger partial charge in [-0.1, -0.05) is 6.07 Å². The molecule has 0 bridgehead atoms. The molecule has 17 heavy (non-hydrogen) atoms. The first-order chi connectivity index (χ1) is 8.16. The topological polar surface area (TPSA) is 63.8 Å². The number of aromatic nitrogens is 2. The number of nitrogens with one attached hydrogen (secondary N) is 1. The lowest BCUT2D eigenvalue weighted by molar-refractivity contribution is 1.00. The van der Waals surface area contributed by atoms with E-state index in [1.165, 1.54) is 0 Å². The zero-order valence-corrected chi connectivity index (χ0v) is 11.0. The van der Waals surface area contributed by atoms with Gasteiger partial charge < -0.3 is 11.1 Å². The number of aryl methyl sites for hydroxylation is 1. The van der Waals surface area contributed by atoms with E-state index in [1.807, 2.05) is 25.1 Å². The summed E-state index contributed by atoms with van der Waals surface area (Å²) in [5.41, 5.74) is 8.43. The van der Waals surface area contributed by atoms with Crippen LogP contribution in [0, 0.1) is 6.92 Å². The Morgan fingerprint density at radius 3 is 2.94 bits per heavy atom. The highest BCUT2D eigenvalue weighted by molar-refractivity contribution is 9.10. The summed E-state index contributed by atoms with van der Waals surface area (Å²) in [6.07, 6.45) is 3.41. The van der Waals surface area contributed by atoms with Gasteiger partial charge in [-0.15, -0.1) is 0 Å². The van der Waals surface area contributed by atoms with E-state index in [0.717, 1.165) is 21.5 Å². The summed E-state index contributed by atoms with van der Waals surface area (Å²) in [5, 5.41) is 3.22. The summed E-state index contributed by atoms with van der Waals surface area (Å²) in [7, 11) is 0. The normalized spacial score (nSPS) is 10.2. The highest BCUT2D eigenvalue weighted by Gasteiger charge is 2.03. The van der Waals surface area contributed by atoms with Crippen LogP contribution in [0.1, 0.15) is 11.3 Å². The number of nitrogen functional groups attached to an aromatic ring is 1.